The number of nitrogens with zero attached hydrogens (tertiary/aromatic N) is 7. The van der Waals surface area contributed by atoms with E-state index in [-0.39, 0.29) is 19.0 Å². The van der Waals surface area contributed by atoms with Crippen molar-refractivity contribution in [1.29, 1.82) is 0 Å². The third kappa shape index (κ3) is 6.42. The van der Waals surface area contributed by atoms with Gasteiger partial charge in [0, 0.05) is 56.2 Å². The van der Waals surface area contributed by atoms with Crippen LogP contribution < -0.4 is 9.80 Å². The summed E-state index contributed by atoms with van der Waals surface area (Å²) < 4.78 is 32.6. The molecule has 41 heavy (non-hydrogen) atoms. The second-order valence-corrected chi connectivity index (χ2v) is 9.77. The lowest BCUT2D eigenvalue weighted by Crippen LogP contribution is -2.46. The number of piperazine rings is 1. The van der Waals surface area contributed by atoms with Gasteiger partial charge in [-0.25, -0.2) is 19.2 Å². The Balaban J connectivity index is 1.13. The Morgan fingerprint density at radius 3 is 2.78 bits per heavy atom. The summed E-state index contributed by atoms with van der Waals surface area (Å²) in [6.45, 7) is 15.6. The van der Waals surface area contributed by atoms with Crippen molar-refractivity contribution in [3.63, 3.8) is 0 Å². The summed E-state index contributed by atoms with van der Waals surface area (Å²) in [6, 6.07) is 6.96. The second kappa shape index (κ2) is 12.3. The van der Waals surface area contributed by atoms with Gasteiger partial charge in [-0.15, -0.1) is 0 Å². The largest absolute Gasteiger partial charge is 0.508 e. The Morgan fingerprint density at radius 2 is 2.05 bits per heavy atom. The van der Waals surface area contributed by atoms with Crippen LogP contribution in [-0.2, 0) is 14.2 Å². The Hall–Kier alpha value is -4.61. The topological polar surface area (TPSA) is 97.0 Å². The van der Waals surface area contributed by atoms with Gasteiger partial charge in [-0.3, -0.25) is 9.39 Å². The van der Waals surface area contributed by atoms with Crippen LogP contribution in [0.1, 0.15) is 19.5 Å². The number of anilines is 2. The number of aromatic nitrogens is 3. The first-order chi connectivity index (χ1) is 19.8. The molecule has 0 amide bonds. The van der Waals surface area contributed by atoms with Gasteiger partial charge in [-0.2, -0.15) is 0 Å². The van der Waals surface area contributed by atoms with E-state index in [1.165, 1.54) is 6.07 Å². The fourth-order valence-corrected chi connectivity index (χ4v) is 4.83. The molecule has 1 atom stereocenters. The van der Waals surface area contributed by atoms with Crippen molar-refractivity contribution in [3.8, 4) is 0 Å². The standard InChI is InChI=1S/C29H34FN7O4/c1-5-39-29(38)40-19-24-17-37(22(4)41-24)23-7-8-27(25(30)15-23)35-13-11-34(12-14-35)20(2)16-32-21(3)26-18-36-10-6-9-31-28(36)33-26/h6-10,15,18,24H,2,4-5,11-14,16-17,19H2,1,3H3/t24-/m1/s1. The van der Waals surface area contributed by atoms with Gasteiger partial charge in [0.15, 0.2) is 12.0 Å². The number of ether oxygens (including phenoxy) is 3. The fourth-order valence-electron chi connectivity index (χ4n) is 4.83. The summed E-state index contributed by atoms with van der Waals surface area (Å²) >= 11 is 0. The minimum Gasteiger partial charge on any atom is -0.470 e. The Morgan fingerprint density at radius 1 is 1.24 bits per heavy atom. The van der Waals surface area contributed by atoms with E-state index in [9.17, 15) is 4.79 Å². The zero-order valence-corrected chi connectivity index (χ0v) is 23.3. The maximum atomic E-state index is 15.3. The molecular formula is C29H34FN7O4. The predicted octanol–water partition coefficient (Wildman–Crippen LogP) is 3.86. The van der Waals surface area contributed by atoms with E-state index in [0.29, 0.717) is 62.3 Å². The second-order valence-electron chi connectivity index (χ2n) is 9.77. The van der Waals surface area contributed by atoms with Crippen LogP contribution in [0, 0.1) is 5.82 Å². The normalized spacial score (nSPS) is 17.6. The maximum Gasteiger partial charge on any atom is 0.508 e. The molecule has 0 bridgehead atoms. The van der Waals surface area contributed by atoms with E-state index in [4.69, 9.17) is 14.2 Å². The van der Waals surface area contributed by atoms with Crippen molar-refractivity contribution in [2.45, 2.75) is 20.0 Å². The van der Waals surface area contributed by atoms with Crippen LogP contribution in [0.5, 0.6) is 0 Å². The number of benzene rings is 1. The molecule has 11 nitrogen and oxygen atoms in total. The molecular weight excluding hydrogens is 529 g/mol. The molecule has 0 radical (unpaired) electrons. The van der Waals surface area contributed by atoms with E-state index in [1.807, 2.05) is 40.8 Å². The highest BCUT2D eigenvalue weighted by Gasteiger charge is 2.30. The first kappa shape index (κ1) is 27.9. The minimum atomic E-state index is -0.747. The van der Waals surface area contributed by atoms with Crippen LogP contribution in [0.2, 0.25) is 0 Å². The molecule has 0 N–H and O–H groups in total. The van der Waals surface area contributed by atoms with E-state index in [2.05, 4.69) is 33.0 Å². The summed E-state index contributed by atoms with van der Waals surface area (Å²) in [5, 5.41) is 0. The summed E-state index contributed by atoms with van der Waals surface area (Å²) in [4.78, 5) is 30.9. The van der Waals surface area contributed by atoms with E-state index < -0.39 is 12.3 Å². The third-order valence-corrected chi connectivity index (χ3v) is 7.05. The molecule has 2 aromatic heterocycles. The van der Waals surface area contributed by atoms with Crippen LogP contribution in [-0.4, -0.2) is 89.7 Å². The SMILES string of the molecule is C=C(CN=C(C)c1cn2cccnc2n1)N1CCN(c2ccc(N3C[C@H](COC(=O)OCC)OC3=C)cc2F)CC1. The summed E-state index contributed by atoms with van der Waals surface area (Å²) in [5.41, 5.74) is 3.68. The van der Waals surface area contributed by atoms with Gasteiger partial charge in [-0.1, -0.05) is 6.58 Å². The van der Waals surface area contributed by atoms with Crippen LogP contribution >= 0.6 is 0 Å². The van der Waals surface area contributed by atoms with Crippen molar-refractivity contribution in [3.05, 3.63) is 79.1 Å². The van der Waals surface area contributed by atoms with Crippen molar-refractivity contribution in [1.82, 2.24) is 19.3 Å². The highest BCUT2D eigenvalue weighted by atomic mass is 19.1. The number of hydrogen-bond acceptors (Lipinski definition) is 10. The molecule has 2 saturated heterocycles. The molecule has 5 rings (SSSR count). The molecule has 3 aromatic rings. The van der Waals surface area contributed by atoms with Crippen molar-refractivity contribution in [2.75, 3.05) is 62.3 Å². The smallest absolute Gasteiger partial charge is 0.470 e. The van der Waals surface area contributed by atoms with Gasteiger partial charge >= 0.3 is 6.16 Å². The number of carbonyl (C=O) groups excluding carboxylic acids is 1. The third-order valence-electron chi connectivity index (χ3n) is 7.05. The highest BCUT2D eigenvalue weighted by molar-refractivity contribution is 5.97. The van der Waals surface area contributed by atoms with Gasteiger partial charge in [-0.05, 0) is 44.7 Å². The first-order valence-corrected chi connectivity index (χ1v) is 13.5. The molecule has 2 fully saturated rings. The average Bonchev–Trinajstić information content (AvgIpc) is 3.58. The summed E-state index contributed by atoms with van der Waals surface area (Å²) in [5.74, 6) is 0.684. The highest BCUT2D eigenvalue weighted by Crippen LogP contribution is 2.31. The number of imidazole rings is 1. The van der Waals surface area contributed by atoms with Crippen LogP contribution in [0.3, 0.4) is 0 Å². The number of halogens is 1. The van der Waals surface area contributed by atoms with Gasteiger partial charge in [0.1, 0.15) is 18.1 Å². The molecule has 2 aliphatic heterocycles. The lowest BCUT2D eigenvalue weighted by atomic mass is 10.2. The summed E-state index contributed by atoms with van der Waals surface area (Å²) in [6.07, 6.45) is 4.36. The summed E-state index contributed by atoms with van der Waals surface area (Å²) in [7, 11) is 0. The minimum absolute atomic E-state index is 0.0212. The molecule has 0 aliphatic carbocycles. The first-order valence-electron chi connectivity index (χ1n) is 13.5. The van der Waals surface area contributed by atoms with Gasteiger partial charge in [0.25, 0.3) is 0 Å². The molecule has 216 valence electrons. The Labute approximate surface area is 238 Å². The van der Waals surface area contributed by atoms with Crippen molar-refractivity contribution < 1.29 is 23.4 Å². The van der Waals surface area contributed by atoms with Crippen LogP contribution in [0.4, 0.5) is 20.6 Å². The average molecular weight is 564 g/mol. The molecule has 12 heteroatoms. The van der Waals surface area contributed by atoms with Gasteiger partial charge < -0.3 is 28.9 Å². The van der Waals surface area contributed by atoms with Gasteiger partial charge in [0.2, 0.25) is 5.78 Å². The Kier molecular flexibility index (Phi) is 8.37. The quantitative estimate of drug-likeness (QED) is 0.284. The maximum absolute atomic E-state index is 15.3. The van der Waals surface area contributed by atoms with E-state index in [0.717, 1.165) is 17.1 Å². The van der Waals surface area contributed by atoms with E-state index >= 15 is 4.39 Å². The zero-order valence-electron chi connectivity index (χ0n) is 23.3. The monoisotopic (exact) mass is 563 g/mol. The molecule has 0 saturated carbocycles. The molecule has 1 aromatic carbocycles. The van der Waals surface area contributed by atoms with E-state index in [1.54, 1.807) is 24.1 Å². The zero-order chi connectivity index (χ0) is 28.9. The van der Waals surface area contributed by atoms with Crippen molar-refractivity contribution >= 4 is 29.0 Å². The number of hydrogen-bond donors (Lipinski definition) is 0. The number of aliphatic imine (C=N–C) groups is 1. The number of carbonyl (C=O) groups is 1. The number of fused-ring (bicyclic) bond motifs is 1. The Bertz CT molecular complexity index is 1430. The number of rotatable bonds is 9. The molecule has 0 unspecified atom stereocenters. The lowest BCUT2D eigenvalue weighted by Gasteiger charge is -2.38. The van der Waals surface area contributed by atoms with Crippen LogP contribution in [0.25, 0.3) is 5.78 Å². The molecule has 0 spiro atoms. The molecule has 2 aliphatic rings. The molecule has 4 heterocycles. The fraction of sp³-hybridized carbons (Fsp3) is 0.379. The lowest BCUT2D eigenvalue weighted by molar-refractivity contribution is 0.0246. The van der Waals surface area contributed by atoms with Crippen molar-refractivity contribution in [2.24, 2.45) is 4.99 Å². The van der Waals surface area contributed by atoms with Crippen LogP contribution in [0.15, 0.2) is 72.6 Å². The predicted molar refractivity (Wildman–Crippen MR) is 154 cm³/mol. The van der Waals surface area contributed by atoms with Gasteiger partial charge in [0.05, 0.1) is 31.1 Å².